The second-order valence-electron chi connectivity index (χ2n) is 4.51. The van der Waals surface area contributed by atoms with Gasteiger partial charge in [0.2, 0.25) is 10.0 Å². The zero-order valence-electron chi connectivity index (χ0n) is 11.0. The van der Waals surface area contributed by atoms with Gasteiger partial charge >= 0.3 is 5.97 Å². The molecular formula is C13H16N2O4S. The van der Waals surface area contributed by atoms with Crippen LogP contribution in [0.1, 0.15) is 23.2 Å². The van der Waals surface area contributed by atoms with Crippen molar-refractivity contribution in [2.45, 2.75) is 23.8 Å². The molecule has 7 heteroatoms. The third-order valence-corrected chi connectivity index (χ3v) is 4.61. The van der Waals surface area contributed by atoms with Crippen LogP contribution in [0.2, 0.25) is 0 Å². The number of benzene rings is 1. The van der Waals surface area contributed by atoms with Crippen molar-refractivity contribution in [2.75, 3.05) is 12.8 Å². The normalized spacial score (nSPS) is 15.4. The van der Waals surface area contributed by atoms with Gasteiger partial charge < -0.3 is 10.5 Å². The number of carbonyl (C=O) groups excluding carboxylic acids is 1. The number of sulfonamides is 1. The van der Waals surface area contributed by atoms with E-state index in [9.17, 15) is 13.2 Å². The summed E-state index contributed by atoms with van der Waals surface area (Å²) in [6.45, 7) is 0. The summed E-state index contributed by atoms with van der Waals surface area (Å²) in [5, 5.41) is 0. The number of ether oxygens (including phenoxy) is 1. The molecule has 3 N–H and O–H groups in total. The van der Waals surface area contributed by atoms with Gasteiger partial charge in [0.25, 0.3) is 0 Å². The first kappa shape index (κ1) is 14.5. The third-order valence-electron chi connectivity index (χ3n) is 3.03. The zero-order chi connectivity index (χ0) is 14.8. The number of anilines is 1. The van der Waals surface area contributed by atoms with Crippen molar-refractivity contribution in [3.05, 3.63) is 35.9 Å². The Hall–Kier alpha value is -1.86. The van der Waals surface area contributed by atoms with Crippen LogP contribution in [0.15, 0.2) is 35.2 Å². The second-order valence-corrected chi connectivity index (χ2v) is 6.19. The number of carbonyl (C=O) groups is 1. The van der Waals surface area contributed by atoms with Gasteiger partial charge in [-0.2, -0.15) is 0 Å². The summed E-state index contributed by atoms with van der Waals surface area (Å²) in [6.07, 6.45) is 5.11. The number of hydrogen-bond acceptors (Lipinski definition) is 5. The molecule has 1 aromatic rings. The first-order valence-corrected chi connectivity index (χ1v) is 7.57. The second kappa shape index (κ2) is 5.64. The number of esters is 1. The minimum atomic E-state index is -3.79. The lowest BCUT2D eigenvalue weighted by molar-refractivity contribution is 0.0596. The van der Waals surface area contributed by atoms with E-state index in [1.165, 1.54) is 25.3 Å². The molecular weight excluding hydrogens is 280 g/mol. The molecule has 2 rings (SSSR count). The Morgan fingerprint density at radius 2 is 2.00 bits per heavy atom. The quantitative estimate of drug-likeness (QED) is 0.491. The van der Waals surface area contributed by atoms with Crippen molar-refractivity contribution in [1.82, 2.24) is 4.72 Å². The number of hydrogen-bond donors (Lipinski definition) is 2. The maximum absolute atomic E-state index is 12.4. The Bertz CT molecular complexity index is 644. The molecule has 0 aliphatic heterocycles. The van der Waals surface area contributed by atoms with Crippen LogP contribution < -0.4 is 10.5 Å². The summed E-state index contributed by atoms with van der Waals surface area (Å²) < 4.78 is 31.9. The molecule has 1 aliphatic carbocycles. The smallest absolute Gasteiger partial charge is 0.339 e. The highest BCUT2D eigenvalue weighted by Gasteiger charge is 2.26. The molecule has 20 heavy (non-hydrogen) atoms. The minimum absolute atomic E-state index is 0.0639. The van der Waals surface area contributed by atoms with Crippen LogP contribution >= 0.6 is 0 Å². The Kier molecular flexibility index (Phi) is 4.10. The molecule has 108 valence electrons. The van der Waals surface area contributed by atoms with Gasteiger partial charge in [-0.3, -0.25) is 0 Å². The van der Waals surface area contributed by atoms with Crippen LogP contribution in [-0.2, 0) is 14.8 Å². The molecule has 0 spiro atoms. The molecule has 0 atom stereocenters. The highest BCUT2D eigenvalue weighted by Crippen LogP contribution is 2.21. The van der Waals surface area contributed by atoms with Crippen molar-refractivity contribution in [1.29, 1.82) is 0 Å². The number of rotatable bonds is 4. The van der Waals surface area contributed by atoms with Gasteiger partial charge in [-0.25, -0.2) is 17.9 Å². The van der Waals surface area contributed by atoms with Gasteiger partial charge in [-0.15, -0.1) is 0 Å². The fraction of sp³-hybridized carbons (Fsp3) is 0.308. The molecule has 6 nitrogen and oxygen atoms in total. The van der Waals surface area contributed by atoms with E-state index < -0.39 is 16.0 Å². The predicted octanol–water partition coefficient (Wildman–Crippen LogP) is 1.05. The van der Waals surface area contributed by atoms with Crippen LogP contribution in [0.3, 0.4) is 0 Å². The predicted molar refractivity (Wildman–Crippen MR) is 74.7 cm³/mol. The van der Waals surface area contributed by atoms with E-state index in [0.717, 1.165) is 0 Å². The van der Waals surface area contributed by atoms with Gasteiger partial charge in [0.1, 0.15) is 0 Å². The van der Waals surface area contributed by atoms with Crippen LogP contribution in [0.25, 0.3) is 0 Å². The summed E-state index contributed by atoms with van der Waals surface area (Å²) in [5.41, 5.74) is 5.83. The molecule has 0 saturated heterocycles. The lowest BCUT2D eigenvalue weighted by Crippen LogP contribution is -2.33. The zero-order valence-corrected chi connectivity index (χ0v) is 11.8. The topological polar surface area (TPSA) is 98.5 Å². The molecule has 0 unspecified atom stereocenters. The molecule has 0 aromatic heterocycles. The largest absolute Gasteiger partial charge is 0.465 e. The first-order valence-electron chi connectivity index (χ1n) is 6.09. The molecule has 0 saturated carbocycles. The Labute approximate surface area is 117 Å². The molecule has 0 heterocycles. The van der Waals surface area contributed by atoms with Crippen molar-refractivity contribution in [2.24, 2.45) is 0 Å². The van der Waals surface area contributed by atoms with Crippen LogP contribution in [0, 0.1) is 0 Å². The Morgan fingerprint density at radius 1 is 1.35 bits per heavy atom. The summed E-state index contributed by atoms with van der Waals surface area (Å²) in [6, 6.07) is 3.87. The minimum Gasteiger partial charge on any atom is -0.465 e. The lowest BCUT2D eigenvalue weighted by atomic mass is 10.2. The van der Waals surface area contributed by atoms with E-state index in [0.29, 0.717) is 18.5 Å². The van der Waals surface area contributed by atoms with Crippen molar-refractivity contribution in [3.8, 4) is 0 Å². The SMILES string of the molecule is COC(=O)c1cc(N)ccc1S(=O)(=O)NC1CC=CC1. The molecule has 0 radical (unpaired) electrons. The highest BCUT2D eigenvalue weighted by molar-refractivity contribution is 7.89. The third kappa shape index (κ3) is 3.00. The number of nitrogens with two attached hydrogens (primary N) is 1. The Balaban J connectivity index is 2.37. The fourth-order valence-electron chi connectivity index (χ4n) is 2.05. The van der Waals surface area contributed by atoms with Crippen LogP contribution in [-0.4, -0.2) is 27.5 Å². The van der Waals surface area contributed by atoms with Crippen LogP contribution in [0.4, 0.5) is 5.69 Å². The van der Waals surface area contributed by atoms with E-state index in [-0.39, 0.29) is 16.5 Å². The maximum Gasteiger partial charge on any atom is 0.339 e. The van der Waals surface area contributed by atoms with Crippen molar-refractivity contribution >= 4 is 21.7 Å². The van der Waals surface area contributed by atoms with Crippen molar-refractivity contribution < 1.29 is 17.9 Å². The van der Waals surface area contributed by atoms with Gasteiger partial charge in [-0.05, 0) is 31.0 Å². The molecule has 1 aliphatic rings. The standard InChI is InChI=1S/C13H16N2O4S/c1-19-13(16)11-8-9(14)6-7-12(11)20(17,18)15-10-4-2-3-5-10/h2-3,6-8,10,15H,4-5,14H2,1H3. The molecule has 1 aromatic carbocycles. The molecule has 0 amide bonds. The highest BCUT2D eigenvalue weighted by atomic mass is 32.2. The van der Waals surface area contributed by atoms with Gasteiger partial charge in [0.05, 0.1) is 17.6 Å². The molecule has 0 fully saturated rings. The van der Waals surface area contributed by atoms with Crippen LogP contribution in [0.5, 0.6) is 0 Å². The summed E-state index contributed by atoms with van der Waals surface area (Å²) in [7, 11) is -2.60. The summed E-state index contributed by atoms with van der Waals surface area (Å²) in [5.74, 6) is -0.734. The fourth-order valence-corrected chi connectivity index (χ4v) is 3.48. The average molecular weight is 296 g/mol. The number of methoxy groups -OCH3 is 1. The van der Waals surface area contributed by atoms with Gasteiger partial charge in [-0.1, -0.05) is 12.2 Å². The Morgan fingerprint density at radius 3 is 2.60 bits per heavy atom. The van der Waals surface area contributed by atoms with Gasteiger partial charge in [0, 0.05) is 11.7 Å². The number of nitrogens with one attached hydrogen (secondary N) is 1. The maximum atomic E-state index is 12.4. The van der Waals surface area contributed by atoms with E-state index in [4.69, 9.17) is 5.73 Å². The molecule has 0 bridgehead atoms. The van der Waals surface area contributed by atoms with E-state index in [2.05, 4.69) is 9.46 Å². The van der Waals surface area contributed by atoms with E-state index in [1.807, 2.05) is 12.2 Å². The average Bonchev–Trinajstić information content (AvgIpc) is 2.89. The first-order chi connectivity index (χ1) is 9.44. The summed E-state index contributed by atoms with van der Waals surface area (Å²) >= 11 is 0. The summed E-state index contributed by atoms with van der Waals surface area (Å²) in [4.78, 5) is 11.6. The lowest BCUT2D eigenvalue weighted by Gasteiger charge is -2.15. The van der Waals surface area contributed by atoms with Gasteiger partial charge in [0.15, 0.2) is 0 Å². The van der Waals surface area contributed by atoms with E-state index in [1.54, 1.807) is 0 Å². The van der Waals surface area contributed by atoms with Crippen molar-refractivity contribution in [3.63, 3.8) is 0 Å². The monoisotopic (exact) mass is 296 g/mol. The van der Waals surface area contributed by atoms with E-state index >= 15 is 0 Å². The number of nitrogen functional groups attached to an aromatic ring is 1.